The molecule has 0 aliphatic rings. The van der Waals surface area contributed by atoms with Crippen LogP contribution in [0, 0.1) is 6.92 Å². The van der Waals surface area contributed by atoms with Gasteiger partial charge in [-0.3, -0.25) is 9.59 Å². The van der Waals surface area contributed by atoms with E-state index in [4.69, 9.17) is 10.2 Å². The van der Waals surface area contributed by atoms with E-state index in [1.807, 2.05) is 25.1 Å². The van der Waals surface area contributed by atoms with Crippen LogP contribution in [-0.2, 0) is 7.05 Å². The fourth-order valence-corrected chi connectivity index (χ4v) is 3.16. The minimum Gasteiger partial charge on any atom is -0.459 e. The van der Waals surface area contributed by atoms with E-state index >= 15 is 0 Å². The van der Waals surface area contributed by atoms with E-state index in [-0.39, 0.29) is 23.0 Å². The van der Waals surface area contributed by atoms with Crippen molar-refractivity contribution in [3.8, 4) is 11.3 Å². The Balaban J connectivity index is 1.64. The van der Waals surface area contributed by atoms with Crippen LogP contribution in [-0.4, -0.2) is 15.5 Å². The number of nitrogens with two attached hydrogens (primary N) is 1. The summed E-state index contributed by atoms with van der Waals surface area (Å²) < 4.78 is 6.57. The third-order valence-corrected chi connectivity index (χ3v) is 4.85. The number of anilines is 4. The summed E-state index contributed by atoms with van der Waals surface area (Å²) in [7, 11) is 1.67. The van der Waals surface area contributed by atoms with Gasteiger partial charge in [0.2, 0.25) is 0 Å². The van der Waals surface area contributed by atoms with Gasteiger partial charge in [0.15, 0.2) is 11.6 Å². The molecule has 31 heavy (non-hydrogen) atoms. The van der Waals surface area contributed by atoms with E-state index in [1.165, 1.54) is 10.8 Å². The molecule has 1 amide bonds. The summed E-state index contributed by atoms with van der Waals surface area (Å²) in [5.74, 6) is 0.00534. The van der Waals surface area contributed by atoms with Crippen LogP contribution >= 0.6 is 0 Å². The number of furan rings is 1. The van der Waals surface area contributed by atoms with Crippen molar-refractivity contribution < 1.29 is 9.21 Å². The predicted octanol–water partition coefficient (Wildman–Crippen LogP) is 3.93. The first-order valence-corrected chi connectivity index (χ1v) is 9.57. The van der Waals surface area contributed by atoms with Crippen LogP contribution in [0.15, 0.2) is 76.3 Å². The Morgan fingerprint density at radius 3 is 2.65 bits per heavy atom. The molecule has 0 fully saturated rings. The van der Waals surface area contributed by atoms with E-state index in [0.29, 0.717) is 22.8 Å². The van der Waals surface area contributed by atoms with Crippen molar-refractivity contribution in [2.75, 3.05) is 16.4 Å². The maximum Gasteiger partial charge on any atom is 0.293 e. The lowest BCUT2D eigenvalue weighted by atomic mass is 10.0. The number of benzene rings is 2. The number of amides is 1. The first-order valence-electron chi connectivity index (χ1n) is 9.57. The highest BCUT2D eigenvalue weighted by Gasteiger charge is 2.13. The average Bonchev–Trinajstić information content (AvgIpc) is 3.29. The van der Waals surface area contributed by atoms with Crippen molar-refractivity contribution in [3.63, 3.8) is 0 Å². The summed E-state index contributed by atoms with van der Waals surface area (Å²) in [6, 6.07) is 15.8. The second-order valence-electron chi connectivity index (χ2n) is 7.05. The number of aryl methyl sites for hydroxylation is 1. The van der Waals surface area contributed by atoms with Gasteiger partial charge in [-0.25, -0.2) is 4.98 Å². The number of nitrogens with one attached hydrogen (secondary N) is 2. The number of carbonyl (C=O) groups is 1. The molecule has 2 aromatic carbocycles. The zero-order chi connectivity index (χ0) is 22.0. The van der Waals surface area contributed by atoms with Crippen molar-refractivity contribution in [2.45, 2.75) is 6.92 Å². The number of hydrogen-bond donors (Lipinski definition) is 3. The van der Waals surface area contributed by atoms with Gasteiger partial charge in [0.05, 0.1) is 12.0 Å². The Morgan fingerprint density at radius 1 is 1.10 bits per heavy atom. The molecule has 0 aliphatic carbocycles. The van der Waals surface area contributed by atoms with Crippen LogP contribution in [0.5, 0.6) is 0 Å². The number of aromatic nitrogens is 2. The van der Waals surface area contributed by atoms with E-state index in [0.717, 1.165) is 11.1 Å². The van der Waals surface area contributed by atoms with Gasteiger partial charge in [0, 0.05) is 35.9 Å². The Labute approximate surface area is 178 Å². The van der Waals surface area contributed by atoms with E-state index in [9.17, 15) is 9.59 Å². The minimum absolute atomic E-state index is 0.163. The highest BCUT2D eigenvalue weighted by atomic mass is 16.3. The van der Waals surface area contributed by atoms with Gasteiger partial charge in [0.1, 0.15) is 0 Å². The third kappa shape index (κ3) is 4.18. The molecular formula is C23H21N5O3. The molecule has 4 aromatic rings. The summed E-state index contributed by atoms with van der Waals surface area (Å²) in [5, 5.41) is 5.81. The molecule has 0 bridgehead atoms. The highest BCUT2D eigenvalue weighted by molar-refractivity contribution is 6.02. The SMILES string of the molecule is Cc1c(N)cccc1-c1cn(C)c(=O)c(Nc2cccc(NC(=O)c3ccco3)c2)n1. The molecule has 0 unspecified atom stereocenters. The fourth-order valence-electron chi connectivity index (χ4n) is 3.16. The molecule has 0 saturated heterocycles. The molecule has 0 saturated carbocycles. The summed E-state index contributed by atoms with van der Waals surface area (Å²) >= 11 is 0. The number of hydrogen-bond acceptors (Lipinski definition) is 6. The van der Waals surface area contributed by atoms with Gasteiger partial charge in [-0.1, -0.05) is 18.2 Å². The Kier molecular flexibility index (Phi) is 5.28. The molecule has 8 nitrogen and oxygen atoms in total. The van der Waals surface area contributed by atoms with Gasteiger partial charge in [-0.05, 0) is 48.9 Å². The molecule has 0 radical (unpaired) electrons. The molecule has 4 rings (SSSR count). The van der Waals surface area contributed by atoms with Crippen LogP contribution in [0.1, 0.15) is 16.1 Å². The first-order chi connectivity index (χ1) is 14.9. The van der Waals surface area contributed by atoms with Crippen LogP contribution in [0.3, 0.4) is 0 Å². The normalized spacial score (nSPS) is 10.6. The molecule has 0 spiro atoms. The molecule has 156 valence electrons. The fraction of sp³-hybridized carbons (Fsp3) is 0.0870. The van der Waals surface area contributed by atoms with Crippen molar-refractivity contribution in [1.29, 1.82) is 0 Å². The maximum absolute atomic E-state index is 12.7. The molecule has 2 heterocycles. The van der Waals surface area contributed by atoms with E-state index < -0.39 is 0 Å². The van der Waals surface area contributed by atoms with Gasteiger partial charge < -0.3 is 25.4 Å². The first kappa shape index (κ1) is 20.0. The van der Waals surface area contributed by atoms with Crippen molar-refractivity contribution >= 4 is 28.8 Å². The molecule has 8 heteroatoms. The number of nitrogen functional groups attached to an aromatic ring is 1. The van der Waals surface area contributed by atoms with Gasteiger partial charge in [-0.15, -0.1) is 0 Å². The standard InChI is InChI=1S/C23H21N5O3/c1-14-17(8-4-9-18(14)24)19-13-28(2)23(30)21(27-19)25-15-6-3-7-16(12-15)26-22(29)20-10-5-11-31-20/h3-13H,24H2,1-2H3,(H,25,27)(H,26,29). The zero-order valence-electron chi connectivity index (χ0n) is 17.0. The van der Waals surface area contributed by atoms with Crippen molar-refractivity contribution in [2.24, 2.45) is 7.05 Å². The minimum atomic E-state index is -0.365. The van der Waals surface area contributed by atoms with Crippen LogP contribution in [0.4, 0.5) is 22.9 Å². The summed E-state index contributed by atoms with van der Waals surface area (Å²) in [6.45, 7) is 1.91. The maximum atomic E-state index is 12.7. The van der Waals surface area contributed by atoms with Crippen LogP contribution < -0.4 is 21.9 Å². The summed E-state index contributed by atoms with van der Waals surface area (Å²) in [6.07, 6.45) is 3.11. The summed E-state index contributed by atoms with van der Waals surface area (Å²) in [4.78, 5) is 29.4. The molecule has 0 atom stereocenters. The lowest BCUT2D eigenvalue weighted by Gasteiger charge is -2.13. The van der Waals surface area contributed by atoms with E-state index in [2.05, 4.69) is 15.6 Å². The van der Waals surface area contributed by atoms with Crippen molar-refractivity contribution in [3.05, 3.63) is 88.7 Å². The topological polar surface area (TPSA) is 115 Å². The summed E-state index contributed by atoms with van der Waals surface area (Å²) in [5.41, 5.74) is 9.90. The lowest BCUT2D eigenvalue weighted by Crippen LogP contribution is -2.21. The monoisotopic (exact) mass is 415 g/mol. The van der Waals surface area contributed by atoms with E-state index in [1.54, 1.807) is 49.6 Å². The van der Waals surface area contributed by atoms with Gasteiger partial charge in [-0.2, -0.15) is 0 Å². The number of nitrogens with zero attached hydrogens (tertiary/aromatic N) is 2. The van der Waals surface area contributed by atoms with Crippen molar-refractivity contribution in [1.82, 2.24) is 9.55 Å². The average molecular weight is 415 g/mol. The molecule has 4 N–H and O–H groups in total. The third-order valence-electron chi connectivity index (χ3n) is 4.85. The number of rotatable bonds is 5. The Morgan fingerprint density at radius 2 is 1.87 bits per heavy atom. The zero-order valence-corrected chi connectivity index (χ0v) is 17.0. The van der Waals surface area contributed by atoms with Gasteiger partial charge >= 0.3 is 0 Å². The second kappa shape index (κ2) is 8.19. The Bertz CT molecular complexity index is 1310. The molecular weight excluding hydrogens is 394 g/mol. The predicted molar refractivity (Wildman–Crippen MR) is 120 cm³/mol. The number of carbonyl (C=O) groups excluding carboxylic acids is 1. The van der Waals surface area contributed by atoms with Gasteiger partial charge in [0.25, 0.3) is 11.5 Å². The van der Waals surface area contributed by atoms with Crippen LogP contribution in [0.25, 0.3) is 11.3 Å². The quantitative estimate of drug-likeness (QED) is 0.426. The lowest BCUT2D eigenvalue weighted by molar-refractivity contribution is 0.0996. The second-order valence-corrected chi connectivity index (χ2v) is 7.05. The molecule has 0 aliphatic heterocycles. The van der Waals surface area contributed by atoms with Crippen LogP contribution in [0.2, 0.25) is 0 Å². The Hall–Kier alpha value is -4.33. The highest BCUT2D eigenvalue weighted by Crippen LogP contribution is 2.26. The largest absolute Gasteiger partial charge is 0.459 e. The smallest absolute Gasteiger partial charge is 0.293 e. The molecule has 2 aromatic heterocycles.